The molecule has 1 aromatic heterocycles. The zero-order valence-corrected chi connectivity index (χ0v) is 10.0. The third-order valence-electron chi connectivity index (χ3n) is 2.63. The van der Waals surface area contributed by atoms with Crippen molar-refractivity contribution in [3.8, 4) is 0 Å². The van der Waals surface area contributed by atoms with Crippen LogP contribution in [0.1, 0.15) is 38.2 Å². The zero-order valence-electron chi connectivity index (χ0n) is 10.0. The predicted octanol–water partition coefficient (Wildman–Crippen LogP) is 1.56. The molecule has 0 fully saturated rings. The number of nitro groups is 1. The Morgan fingerprint density at radius 3 is 2.47 bits per heavy atom. The van der Waals surface area contributed by atoms with Crippen molar-refractivity contribution in [3.63, 3.8) is 0 Å². The molecule has 0 aromatic carbocycles. The molecule has 1 heterocycles. The summed E-state index contributed by atoms with van der Waals surface area (Å²) >= 11 is 0. The summed E-state index contributed by atoms with van der Waals surface area (Å²) in [5.41, 5.74) is 0.643. The minimum Gasteiger partial charge on any atom is -0.480 e. The van der Waals surface area contributed by atoms with E-state index in [1.165, 1.54) is 11.6 Å². The molecule has 1 aromatic rings. The molecule has 0 bridgehead atoms. The number of carbonyl (C=O) groups is 1. The molecule has 94 valence electrons. The van der Waals surface area contributed by atoms with E-state index in [4.69, 9.17) is 5.11 Å². The first kappa shape index (κ1) is 13.1. The highest BCUT2D eigenvalue weighted by Gasteiger charge is 2.29. The molecule has 0 saturated carbocycles. The van der Waals surface area contributed by atoms with E-state index < -0.39 is 16.9 Å². The number of aliphatic carboxylic acids is 1. The molecule has 0 aliphatic carbocycles. The first-order valence-electron chi connectivity index (χ1n) is 5.41. The molecular weight excluding hydrogens is 226 g/mol. The Bertz CT molecular complexity index is 453. The van der Waals surface area contributed by atoms with Gasteiger partial charge in [-0.3, -0.25) is 10.1 Å². The minimum atomic E-state index is -1.06. The van der Waals surface area contributed by atoms with Gasteiger partial charge in [0.05, 0.1) is 4.92 Å². The Morgan fingerprint density at radius 2 is 2.12 bits per heavy atom. The van der Waals surface area contributed by atoms with Crippen LogP contribution in [0.5, 0.6) is 0 Å². The van der Waals surface area contributed by atoms with Crippen molar-refractivity contribution >= 4 is 11.7 Å². The second kappa shape index (κ2) is 4.94. The highest BCUT2D eigenvalue weighted by molar-refractivity contribution is 5.71. The van der Waals surface area contributed by atoms with E-state index in [1.807, 2.05) is 0 Å². The molecule has 7 heteroatoms. The van der Waals surface area contributed by atoms with Gasteiger partial charge in [-0.2, -0.15) is 5.10 Å². The summed E-state index contributed by atoms with van der Waals surface area (Å²) in [6, 6.07) is -0.899. The maximum absolute atomic E-state index is 11.0. The summed E-state index contributed by atoms with van der Waals surface area (Å²) in [6.07, 6.45) is 0.781. The molecule has 0 aliphatic rings. The highest BCUT2D eigenvalue weighted by atomic mass is 16.6. The van der Waals surface area contributed by atoms with E-state index in [0.717, 1.165) is 0 Å². The third-order valence-corrected chi connectivity index (χ3v) is 2.63. The van der Waals surface area contributed by atoms with Gasteiger partial charge in [0.25, 0.3) is 0 Å². The second-order valence-corrected chi connectivity index (χ2v) is 3.66. The van der Waals surface area contributed by atoms with Gasteiger partial charge in [-0.15, -0.1) is 0 Å². The molecular formula is C10H15N3O4. The van der Waals surface area contributed by atoms with Crippen molar-refractivity contribution in [1.29, 1.82) is 0 Å². The fourth-order valence-electron chi connectivity index (χ4n) is 1.72. The number of aromatic nitrogens is 2. The summed E-state index contributed by atoms with van der Waals surface area (Å²) in [7, 11) is 0. The molecule has 17 heavy (non-hydrogen) atoms. The fourth-order valence-corrected chi connectivity index (χ4v) is 1.72. The van der Waals surface area contributed by atoms with Crippen LogP contribution in [-0.4, -0.2) is 25.8 Å². The van der Waals surface area contributed by atoms with Crippen LogP contribution in [0.15, 0.2) is 0 Å². The molecule has 1 atom stereocenters. The van der Waals surface area contributed by atoms with Crippen molar-refractivity contribution < 1.29 is 14.8 Å². The topological polar surface area (TPSA) is 98.3 Å². The van der Waals surface area contributed by atoms with Gasteiger partial charge in [-0.05, 0) is 19.8 Å². The van der Waals surface area contributed by atoms with Crippen LogP contribution in [-0.2, 0) is 17.6 Å². The lowest BCUT2D eigenvalue weighted by Crippen LogP contribution is -2.19. The molecule has 1 rings (SSSR count). The molecule has 7 nitrogen and oxygen atoms in total. The van der Waals surface area contributed by atoms with Crippen LogP contribution in [0.25, 0.3) is 0 Å². The van der Waals surface area contributed by atoms with Crippen molar-refractivity contribution in [2.75, 3.05) is 0 Å². The molecule has 0 spiro atoms. The number of carboxylic acids is 1. The van der Waals surface area contributed by atoms with Crippen LogP contribution in [0.3, 0.4) is 0 Å². The minimum absolute atomic E-state index is 0.0527. The lowest BCUT2D eigenvalue weighted by Gasteiger charge is -2.09. The van der Waals surface area contributed by atoms with Crippen LogP contribution in [0.2, 0.25) is 0 Å². The fraction of sp³-hybridized carbons (Fsp3) is 0.600. The number of carboxylic acid groups (broad SMARTS) is 1. The Hall–Kier alpha value is -1.92. The third kappa shape index (κ3) is 2.27. The van der Waals surface area contributed by atoms with Gasteiger partial charge in [0.15, 0.2) is 0 Å². The van der Waals surface area contributed by atoms with E-state index in [2.05, 4.69) is 5.10 Å². The average molecular weight is 241 g/mol. The normalized spacial score (nSPS) is 12.4. The Morgan fingerprint density at radius 1 is 1.53 bits per heavy atom. The predicted molar refractivity (Wildman–Crippen MR) is 60.0 cm³/mol. The maximum Gasteiger partial charge on any atom is 0.328 e. The van der Waals surface area contributed by atoms with Gasteiger partial charge in [0, 0.05) is 0 Å². The van der Waals surface area contributed by atoms with Crippen molar-refractivity contribution in [2.24, 2.45) is 0 Å². The lowest BCUT2D eigenvalue weighted by molar-refractivity contribution is -0.386. The molecule has 1 unspecified atom stereocenters. The van der Waals surface area contributed by atoms with Gasteiger partial charge >= 0.3 is 11.7 Å². The van der Waals surface area contributed by atoms with E-state index >= 15 is 0 Å². The molecule has 0 saturated heterocycles. The smallest absolute Gasteiger partial charge is 0.328 e. The summed E-state index contributed by atoms with van der Waals surface area (Å²) in [5, 5.41) is 23.9. The molecule has 0 aliphatic heterocycles. The van der Waals surface area contributed by atoms with Crippen LogP contribution < -0.4 is 0 Å². The number of rotatable bonds is 5. The SMILES string of the molecule is CCc1nn(C(C)C(=O)O)c(CC)c1[N+](=O)[O-]. The number of nitrogens with zero attached hydrogens (tertiary/aromatic N) is 3. The van der Waals surface area contributed by atoms with Gasteiger partial charge in [0.1, 0.15) is 17.4 Å². The number of hydrogen-bond donors (Lipinski definition) is 1. The summed E-state index contributed by atoms with van der Waals surface area (Å²) in [4.78, 5) is 21.4. The van der Waals surface area contributed by atoms with Crippen LogP contribution in [0.4, 0.5) is 5.69 Å². The summed E-state index contributed by atoms with van der Waals surface area (Å²) in [5.74, 6) is -1.06. The van der Waals surface area contributed by atoms with Crippen LogP contribution in [0, 0.1) is 10.1 Å². The Labute approximate surface area is 98.2 Å². The highest BCUT2D eigenvalue weighted by Crippen LogP contribution is 2.27. The first-order chi connectivity index (χ1) is 7.93. The maximum atomic E-state index is 11.0. The standard InChI is InChI=1S/C10H15N3O4/c1-4-7-9(13(16)17)8(5-2)12(11-7)6(3)10(14)15/h6H,4-5H2,1-3H3,(H,14,15). The zero-order chi connectivity index (χ0) is 13.2. The second-order valence-electron chi connectivity index (χ2n) is 3.66. The lowest BCUT2D eigenvalue weighted by atomic mass is 10.2. The van der Waals surface area contributed by atoms with Gasteiger partial charge in [0.2, 0.25) is 0 Å². The molecule has 0 amide bonds. The van der Waals surface area contributed by atoms with Gasteiger partial charge < -0.3 is 5.11 Å². The van der Waals surface area contributed by atoms with Crippen molar-refractivity contribution in [2.45, 2.75) is 39.7 Å². The summed E-state index contributed by atoms with van der Waals surface area (Å²) < 4.78 is 1.24. The Kier molecular flexibility index (Phi) is 3.82. The van der Waals surface area contributed by atoms with E-state index in [9.17, 15) is 14.9 Å². The quantitative estimate of drug-likeness (QED) is 0.623. The van der Waals surface area contributed by atoms with Crippen molar-refractivity contribution in [3.05, 3.63) is 21.5 Å². The van der Waals surface area contributed by atoms with Crippen molar-refractivity contribution in [1.82, 2.24) is 9.78 Å². The van der Waals surface area contributed by atoms with E-state index in [-0.39, 0.29) is 5.69 Å². The monoisotopic (exact) mass is 241 g/mol. The largest absolute Gasteiger partial charge is 0.480 e. The number of aryl methyl sites for hydroxylation is 1. The summed E-state index contributed by atoms with van der Waals surface area (Å²) in [6.45, 7) is 4.96. The van der Waals surface area contributed by atoms with E-state index in [0.29, 0.717) is 24.2 Å². The van der Waals surface area contributed by atoms with E-state index in [1.54, 1.807) is 13.8 Å². The average Bonchev–Trinajstić information content (AvgIpc) is 2.65. The van der Waals surface area contributed by atoms with Gasteiger partial charge in [-0.25, -0.2) is 9.48 Å². The molecule has 0 radical (unpaired) electrons. The molecule has 1 N–H and O–H groups in total. The first-order valence-corrected chi connectivity index (χ1v) is 5.41. The Balaban J connectivity index is 3.42. The number of hydrogen-bond acceptors (Lipinski definition) is 4. The van der Waals surface area contributed by atoms with Crippen LogP contribution >= 0.6 is 0 Å². The van der Waals surface area contributed by atoms with Gasteiger partial charge in [-0.1, -0.05) is 13.8 Å².